The Bertz CT molecular complexity index is 2360. The van der Waals surface area contributed by atoms with Crippen LogP contribution in [0.2, 0.25) is 5.02 Å². The van der Waals surface area contributed by atoms with Gasteiger partial charge in [0, 0.05) is 47.3 Å². The van der Waals surface area contributed by atoms with E-state index in [4.69, 9.17) is 20.8 Å². The third kappa shape index (κ3) is 14.6. The fourth-order valence-electron chi connectivity index (χ4n) is 8.92. The van der Waals surface area contributed by atoms with E-state index in [0.717, 1.165) is 57.5 Å². The second-order valence-corrected chi connectivity index (χ2v) is 21.5. The standard InChI is InChI=1S/C57H68ClN2O5P/c1-3-4-5-6-7-8-9-10-11-13-25-34-55(61)60-45-35-37-50(53(58)41-45)52-43-56(62)65-54-42-46(36-38-51(52)54)64-44(2)57(63)59-39-26-14-12-15-27-40-66(47-28-19-16-20-29-47,48-30-21-17-22-31-48)49-32-23-18-24-33-49/h16-24,28-33,35-38,41-44H,3-15,25-27,34,39-40H2,1-2H3,(H-,59,60,61,62,63)/p+1/t44-/m1/s1. The number of benzene rings is 5. The topological polar surface area (TPSA) is 97.6 Å². The van der Waals surface area contributed by atoms with Crippen molar-refractivity contribution < 1.29 is 18.7 Å². The van der Waals surface area contributed by atoms with E-state index in [-0.39, 0.29) is 11.8 Å². The van der Waals surface area contributed by atoms with Gasteiger partial charge in [-0.1, -0.05) is 156 Å². The Morgan fingerprint density at radius 2 is 1.17 bits per heavy atom. The number of rotatable bonds is 28. The highest BCUT2D eigenvalue weighted by atomic mass is 35.5. The summed E-state index contributed by atoms with van der Waals surface area (Å²) in [6.45, 7) is 4.53. The van der Waals surface area contributed by atoms with E-state index >= 15 is 0 Å². The summed E-state index contributed by atoms with van der Waals surface area (Å²) >= 11 is 6.77. The predicted octanol–water partition coefficient (Wildman–Crippen LogP) is 13.6. The Kier molecular flexibility index (Phi) is 20.4. The van der Waals surface area contributed by atoms with Gasteiger partial charge < -0.3 is 19.8 Å². The average Bonchev–Trinajstić information content (AvgIpc) is 3.33. The number of amides is 2. The Labute approximate surface area is 398 Å². The van der Waals surface area contributed by atoms with Crippen LogP contribution in [0.1, 0.15) is 123 Å². The first-order chi connectivity index (χ1) is 32.3. The predicted molar refractivity (Wildman–Crippen MR) is 279 cm³/mol. The molecule has 2 amide bonds. The van der Waals surface area contributed by atoms with Crippen LogP contribution in [-0.2, 0) is 9.59 Å². The van der Waals surface area contributed by atoms with E-state index in [1.165, 1.54) is 73.3 Å². The van der Waals surface area contributed by atoms with Crippen molar-refractivity contribution in [2.75, 3.05) is 18.0 Å². The zero-order valence-electron chi connectivity index (χ0n) is 39.1. The molecule has 7 nitrogen and oxygen atoms in total. The number of fused-ring (bicyclic) bond motifs is 1. The van der Waals surface area contributed by atoms with Gasteiger partial charge in [-0.25, -0.2) is 4.79 Å². The van der Waals surface area contributed by atoms with Crippen molar-refractivity contribution in [1.29, 1.82) is 0 Å². The highest BCUT2D eigenvalue weighted by Gasteiger charge is 2.44. The average molecular weight is 929 g/mol. The first-order valence-corrected chi connectivity index (χ1v) is 26.8. The molecule has 0 saturated heterocycles. The third-order valence-electron chi connectivity index (χ3n) is 12.5. The zero-order valence-corrected chi connectivity index (χ0v) is 40.7. The molecule has 0 unspecified atom stereocenters. The normalized spacial score (nSPS) is 11.9. The van der Waals surface area contributed by atoms with Gasteiger partial charge in [-0.2, -0.15) is 0 Å². The van der Waals surface area contributed by atoms with Gasteiger partial charge in [-0.05, 0) is 93.3 Å². The second-order valence-electron chi connectivity index (χ2n) is 17.5. The number of nitrogens with one attached hydrogen (secondary N) is 2. The molecule has 0 aliphatic carbocycles. The Hall–Kier alpha value is -5.23. The monoisotopic (exact) mass is 927 g/mol. The molecule has 0 radical (unpaired) electrons. The van der Waals surface area contributed by atoms with Gasteiger partial charge in [0.25, 0.3) is 5.91 Å². The summed E-state index contributed by atoms with van der Waals surface area (Å²) in [7, 11) is -1.83. The number of ether oxygens (including phenoxy) is 1. The summed E-state index contributed by atoms with van der Waals surface area (Å²) in [4.78, 5) is 38.6. The summed E-state index contributed by atoms with van der Waals surface area (Å²) in [5, 5.41) is 11.3. The SMILES string of the molecule is CCCCCCCCCCCCCC(=O)Nc1ccc(-c2cc(=O)oc3cc(O[C@H](C)C(=O)NCCCCCCC[P+](c4ccccc4)(c4ccccc4)c4ccccc4)ccc23)c(Cl)c1. The van der Waals surface area contributed by atoms with Gasteiger partial charge in [0.1, 0.15) is 34.5 Å². The lowest BCUT2D eigenvalue weighted by Gasteiger charge is -2.27. The molecular weight excluding hydrogens is 859 g/mol. The van der Waals surface area contributed by atoms with E-state index in [9.17, 15) is 14.4 Å². The van der Waals surface area contributed by atoms with Gasteiger partial charge in [0.05, 0.1) is 11.2 Å². The molecular formula is C57H69ClN2O5P+. The Morgan fingerprint density at radius 3 is 1.74 bits per heavy atom. The smallest absolute Gasteiger partial charge is 0.336 e. The minimum atomic E-state index is -1.83. The Morgan fingerprint density at radius 1 is 0.621 bits per heavy atom. The van der Waals surface area contributed by atoms with Crippen LogP contribution in [0.3, 0.4) is 0 Å². The highest BCUT2D eigenvalue weighted by molar-refractivity contribution is 7.95. The molecule has 0 bridgehead atoms. The van der Waals surface area contributed by atoms with Gasteiger partial charge in [0.2, 0.25) is 5.91 Å². The van der Waals surface area contributed by atoms with Crippen molar-refractivity contribution in [1.82, 2.24) is 5.32 Å². The van der Waals surface area contributed by atoms with Crippen molar-refractivity contribution in [2.24, 2.45) is 0 Å². The maximum Gasteiger partial charge on any atom is 0.336 e. The number of hydrogen-bond acceptors (Lipinski definition) is 5. The molecule has 2 N–H and O–H groups in total. The van der Waals surface area contributed by atoms with Crippen molar-refractivity contribution in [2.45, 2.75) is 129 Å². The van der Waals surface area contributed by atoms with Crippen LogP contribution < -0.4 is 36.9 Å². The summed E-state index contributed by atoms with van der Waals surface area (Å²) in [6.07, 6.45) is 19.6. The van der Waals surface area contributed by atoms with Gasteiger partial charge in [-0.15, -0.1) is 0 Å². The van der Waals surface area contributed by atoms with Crippen LogP contribution in [0.4, 0.5) is 5.69 Å². The number of halogens is 1. The molecule has 0 aliphatic heterocycles. The van der Waals surface area contributed by atoms with Crippen LogP contribution in [0.5, 0.6) is 5.75 Å². The number of carbonyl (C=O) groups excluding carboxylic acids is 2. The lowest BCUT2D eigenvalue weighted by Crippen LogP contribution is -2.36. The second kappa shape index (κ2) is 26.8. The fraction of sp³-hybridized carbons (Fsp3) is 0.386. The molecule has 0 aliphatic rings. The van der Waals surface area contributed by atoms with Gasteiger partial charge in [-0.3, -0.25) is 9.59 Å². The first kappa shape index (κ1) is 50.2. The lowest BCUT2D eigenvalue weighted by molar-refractivity contribution is -0.127. The minimum Gasteiger partial charge on any atom is -0.481 e. The summed E-state index contributed by atoms with van der Waals surface area (Å²) in [6, 6.07) is 45.0. The van der Waals surface area contributed by atoms with Crippen LogP contribution in [-0.4, -0.2) is 30.6 Å². The van der Waals surface area contributed by atoms with E-state index in [1.54, 1.807) is 43.3 Å². The molecule has 5 aromatic carbocycles. The molecule has 348 valence electrons. The number of hydrogen-bond donors (Lipinski definition) is 2. The van der Waals surface area contributed by atoms with Gasteiger partial charge in [0.15, 0.2) is 6.10 Å². The lowest BCUT2D eigenvalue weighted by atomic mass is 10.0. The van der Waals surface area contributed by atoms with Crippen molar-refractivity contribution >= 4 is 63.2 Å². The highest BCUT2D eigenvalue weighted by Crippen LogP contribution is 2.56. The van der Waals surface area contributed by atoms with Crippen LogP contribution in [0, 0.1) is 0 Å². The largest absolute Gasteiger partial charge is 0.481 e. The van der Waals surface area contributed by atoms with Crippen molar-refractivity contribution in [3.63, 3.8) is 0 Å². The quantitative estimate of drug-likeness (QED) is 0.0290. The molecule has 1 aromatic heterocycles. The summed E-state index contributed by atoms with van der Waals surface area (Å²) in [5.41, 5.74) is 1.63. The number of anilines is 1. The summed E-state index contributed by atoms with van der Waals surface area (Å²) < 4.78 is 11.6. The maximum atomic E-state index is 13.1. The third-order valence-corrected chi connectivity index (χ3v) is 17.3. The number of unbranched alkanes of at least 4 members (excludes halogenated alkanes) is 14. The Balaban J connectivity index is 0.935. The van der Waals surface area contributed by atoms with E-state index < -0.39 is 19.0 Å². The first-order valence-electron chi connectivity index (χ1n) is 24.5. The molecule has 0 fully saturated rings. The van der Waals surface area contributed by atoms with Crippen LogP contribution in [0.25, 0.3) is 22.1 Å². The summed E-state index contributed by atoms with van der Waals surface area (Å²) in [5.74, 6) is 0.173. The van der Waals surface area contributed by atoms with E-state index in [2.05, 4.69) is 109 Å². The number of carbonyl (C=O) groups is 2. The molecule has 9 heteroatoms. The molecule has 1 heterocycles. The molecule has 66 heavy (non-hydrogen) atoms. The molecule has 6 rings (SSSR count). The van der Waals surface area contributed by atoms with E-state index in [0.29, 0.717) is 51.5 Å². The van der Waals surface area contributed by atoms with E-state index in [1.807, 2.05) is 0 Å². The molecule has 6 aromatic rings. The van der Waals surface area contributed by atoms with Crippen molar-refractivity contribution in [3.05, 3.63) is 149 Å². The molecule has 0 spiro atoms. The van der Waals surface area contributed by atoms with Crippen LogP contribution in [0.15, 0.2) is 143 Å². The van der Waals surface area contributed by atoms with Crippen LogP contribution >= 0.6 is 18.9 Å². The minimum absolute atomic E-state index is 0.0345. The van der Waals surface area contributed by atoms with Crippen molar-refractivity contribution in [3.8, 4) is 16.9 Å². The fourth-order valence-corrected chi connectivity index (χ4v) is 13.6. The molecule has 0 saturated carbocycles. The molecule has 1 atom stereocenters. The maximum absolute atomic E-state index is 13.1. The zero-order chi connectivity index (χ0) is 46.4. The van der Waals surface area contributed by atoms with Gasteiger partial charge >= 0.3 is 5.63 Å².